The van der Waals surface area contributed by atoms with E-state index in [9.17, 15) is 0 Å². The van der Waals surface area contributed by atoms with Crippen molar-refractivity contribution in [2.75, 3.05) is 0 Å². The summed E-state index contributed by atoms with van der Waals surface area (Å²) in [4.78, 5) is 0. The molecule has 234 valence electrons. The fraction of sp³-hybridized carbons (Fsp3) is 0. The van der Waals surface area contributed by atoms with Gasteiger partial charge in [0.1, 0.15) is 0 Å². The van der Waals surface area contributed by atoms with Crippen molar-refractivity contribution in [2.24, 2.45) is 0 Å². The van der Waals surface area contributed by atoms with Gasteiger partial charge < -0.3 is 9.13 Å². The Hall–Kier alpha value is -6.64. The van der Waals surface area contributed by atoms with Gasteiger partial charge in [0, 0.05) is 32.9 Å². The summed E-state index contributed by atoms with van der Waals surface area (Å²) in [7, 11) is 0. The molecule has 0 unspecified atom stereocenters. The van der Waals surface area contributed by atoms with E-state index in [0.717, 1.165) is 11.4 Å². The topological polar surface area (TPSA) is 9.86 Å². The van der Waals surface area contributed by atoms with Crippen molar-refractivity contribution in [2.45, 2.75) is 0 Å². The monoisotopic (exact) mass is 636 g/mol. The molecule has 0 saturated carbocycles. The zero-order chi connectivity index (χ0) is 33.0. The quantitative estimate of drug-likeness (QED) is 0.178. The van der Waals surface area contributed by atoms with E-state index >= 15 is 0 Å². The van der Waals surface area contributed by atoms with Gasteiger partial charge in [0.25, 0.3) is 0 Å². The maximum atomic E-state index is 2.43. The SMILES string of the molecule is c1ccc(-c2ccc(-c3ccc(-n4c5ccccc5c5c6c7ccccc7n(-c7cccc(-c8ccccc8)c7)c6ccc54)cc3)cc2)cc1. The highest BCUT2D eigenvalue weighted by atomic mass is 15.0. The Labute approximate surface area is 290 Å². The Morgan fingerprint density at radius 3 is 1.18 bits per heavy atom. The molecule has 0 fully saturated rings. The molecule has 0 aliphatic rings. The third-order valence-corrected chi connectivity index (χ3v) is 10.1. The van der Waals surface area contributed by atoms with E-state index in [-0.39, 0.29) is 0 Å². The third kappa shape index (κ3) is 4.50. The van der Waals surface area contributed by atoms with E-state index in [4.69, 9.17) is 0 Å². The predicted molar refractivity (Wildman–Crippen MR) is 211 cm³/mol. The number of nitrogens with zero attached hydrogens (tertiary/aromatic N) is 2. The predicted octanol–water partition coefficient (Wildman–Crippen LogP) is 12.9. The normalized spacial score (nSPS) is 11.6. The minimum Gasteiger partial charge on any atom is -0.309 e. The van der Waals surface area contributed by atoms with Crippen molar-refractivity contribution < 1.29 is 0 Å². The van der Waals surface area contributed by atoms with Gasteiger partial charge in [0.15, 0.2) is 0 Å². The number of para-hydroxylation sites is 2. The van der Waals surface area contributed by atoms with Crippen LogP contribution in [0.4, 0.5) is 0 Å². The Balaban J connectivity index is 1.14. The van der Waals surface area contributed by atoms with Crippen LogP contribution in [0.3, 0.4) is 0 Å². The first-order chi connectivity index (χ1) is 24.8. The summed E-state index contributed by atoms with van der Waals surface area (Å²) in [5.41, 5.74) is 14.5. The highest BCUT2D eigenvalue weighted by Crippen LogP contribution is 2.42. The van der Waals surface area contributed by atoms with Crippen molar-refractivity contribution in [1.82, 2.24) is 9.13 Å². The summed E-state index contributed by atoms with van der Waals surface area (Å²) >= 11 is 0. The number of aromatic nitrogens is 2. The summed E-state index contributed by atoms with van der Waals surface area (Å²) < 4.78 is 4.86. The van der Waals surface area contributed by atoms with Crippen LogP contribution in [-0.4, -0.2) is 9.13 Å². The molecule has 10 aromatic rings. The molecule has 0 aliphatic heterocycles. The maximum absolute atomic E-state index is 2.43. The molecule has 0 radical (unpaired) electrons. The fourth-order valence-corrected chi connectivity index (χ4v) is 7.82. The Morgan fingerprint density at radius 2 is 0.640 bits per heavy atom. The molecule has 0 atom stereocenters. The third-order valence-electron chi connectivity index (χ3n) is 10.1. The first kappa shape index (κ1) is 28.4. The van der Waals surface area contributed by atoms with Crippen molar-refractivity contribution in [3.63, 3.8) is 0 Å². The van der Waals surface area contributed by atoms with Gasteiger partial charge >= 0.3 is 0 Å². The lowest BCUT2D eigenvalue weighted by Gasteiger charge is -2.11. The first-order valence-corrected chi connectivity index (χ1v) is 17.2. The van der Waals surface area contributed by atoms with Crippen LogP contribution in [0.25, 0.3) is 88.4 Å². The Kier molecular flexibility index (Phi) is 6.53. The van der Waals surface area contributed by atoms with Crippen LogP contribution in [0.5, 0.6) is 0 Å². The Bertz CT molecular complexity index is 2820. The van der Waals surface area contributed by atoms with Crippen LogP contribution < -0.4 is 0 Å². The molecular weight excluding hydrogens is 605 g/mol. The Morgan fingerprint density at radius 1 is 0.240 bits per heavy atom. The van der Waals surface area contributed by atoms with Crippen molar-refractivity contribution in [3.8, 4) is 44.8 Å². The van der Waals surface area contributed by atoms with E-state index in [0.29, 0.717) is 0 Å². The highest BCUT2D eigenvalue weighted by Gasteiger charge is 2.20. The zero-order valence-electron chi connectivity index (χ0n) is 27.4. The summed E-state index contributed by atoms with van der Waals surface area (Å²) in [6.07, 6.45) is 0. The minimum atomic E-state index is 1.15. The van der Waals surface area contributed by atoms with E-state index < -0.39 is 0 Å². The molecule has 8 aromatic carbocycles. The summed E-state index contributed by atoms with van der Waals surface area (Å²) in [6.45, 7) is 0. The smallest absolute Gasteiger partial charge is 0.0548 e. The lowest BCUT2D eigenvalue weighted by Crippen LogP contribution is -1.95. The van der Waals surface area contributed by atoms with Crippen LogP contribution in [0, 0.1) is 0 Å². The standard InChI is InChI=1S/C48H32N2/c1-3-12-33(13-4-1)35-22-24-36(25-23-35)37-26-28-39(29-27-37)49-43-20-9-7-18-41(43)47-45(49)30-31-46-48(47)42-19-8-10-21-44(42)50(46)40-17-11-16-38(32-40)34-14-5-2-6-15-34/h1-32H. The van der Waals surface area contributed by atoms with Gasteiger partial charge in [-0.05, 0) is 81.9 Å². The molecule has 2 heteroatoms. The summed E-state index contributed by atoms with van der Waals surface area (Å²) in [6, 6.07) is 70.3. The number of fused-ring (bicyclic) bond motifs is 7. The van der Waals surface area contributed by atoms with Gasteiger partial charge in [-0.3, -0.25) is 0 Å². The molecule has 0 amide bonds. The van der Waals surface area contributed by atoms with Crippen molar-refractivity contribution >= 4 is 43.6 Å². The number of hydrogen-bond acceptors (Lipinski definition) is 0. The van der Waals surface area contributed by atoms with Gasteiger partial charge in [-0.2, -0.15) is 0 Å². The zero-order valence-corrected chi connectivity index (χ0v) is 27.4. The highest BCUT2D eigenvalue weighted by molar-refractivity contribution is 6.28. The molecule has 50 heavy (non-hydrogen) atoms. The van der Waals surface area contributed by atoms with Crippen molar-refractivity contribution in [1.29, 1.82) is 0 Å². The van der Waals surface area contributed by atoms with Gasteiger partial charge in [-0.1, -0.05) is 146 Å². The minimum absolute atomic E-state index is 1.15. The van der Waals surface area contributed by atoms with Crippen LogP contribution in [-0.2, 0) is 0 Å². The molecule has 0 bridgehead atoms. The van der Waals surface area contributed by atoms with Gasteiger partial charge in [0.2, 0.25) is 0 Å². The second-order valence-corrected chi connectivity index (χ2v) is 13.0. The lowest BCUT2D eigenvalue weighted by atomic mass is 10.0. The summed E-state index contributed by atoms with van der Waals surface area (Å²) in [5.74, 6) is 0. The van der Waals surface area contributed by atoms with Crippen LogP contribution >= 0.6 is 0 Å². The first-order valence-electron chi connectivity index (χ1n) is 17.2. The van der Waals surface area contributed by atoms with Crippen LogP contribution in [0.1, 0.15) is 0 Å². The molecule has 2 aromatic heterocycles. The fourth-order valence-electron chi connectivity index (χ4n) is 7.82. The van der Waals surface area contributed by atoms with Crippen LogP contribution in [0.2, 0.25) is 0 Å². The molecular formula is C48H32N2. The average molecular weight is 637 g/mol. The van der Waals surface area contributed by atoms with Gasteiger partial charge in [-0.15, -0.1) is 0 Å². The second kappa shape index (κ2) is 11.5. The summed E-state index contributed by atoms with van der Waals surface area (Å²) in [5, 5.41) is 5.09. The molecule has 0 saturated heterocycles. The molecule has 0 spiro atoms. The van der Waals surface area contributed by atoms with E-state index in [1.54, 1.807) is 0 Å². The molecule has 0 N–H and O–H groups in total. The molecule has 10 rings (SSSR count). The van der Waals surface area contributed by atoms with E-state index in [2.05, 4.69) is 203 Å². The molecule has 2 nitrogen and oxygen atoms in total. The number of benzene rings is 8. The lowest BCUT2D eigenvalue weighted by molar-refractivity contribution is 1.17. The van der Waals surface area contributed by atoms with E-state index in [1.807, 2.05) is 0 Å². The van der Waals surface area contributed by atoms with Gasteiger partial charge in [-0.25, -0.2) is 0 Å². The van der Waals surface area contributed by atoms with Gasteiger partial charge in [0.05, 0.1) is 22.1 Å². The molecule has 2 heterocycles. The van der Waals surface area contributed by atoms with Crippen molar-refractivity contribution in [3.05, 3.63) is 194 Å². The second-order valence-electron chi connectivity index (χ2n) is 13.0. The van der Waals surface area contributed by atoms with E-state index in [1.165, 1.54) is 77.0 Å². The largest absolute Gasteiger partial charge is 0.309 e. The molecule has 0 aliphatic carbocycles. The maximum Gasteiger partial charge on any atom is 0.0548 e. The van der Waals surface area contributed by atoms with Crippen LogP contribution in [0.15, 0.2) is 194 Å². The number of rotatable bonds is 5. The number of hydrogen-bond donors (Lipinski definition) is 0. The average Bonchev–Trinajstić information content (AvgIpc) is 3.72.